The Labute approximate surface area is 113 Å². The lowest BCUT2D eigenvalue weighted by Gasteiger charge is -2.32. The minimum absolute atomic E-state index is 0.408. The fourth-order valence-corrected chi connectivity index (χ4v) is 1.92. The minimum Gasteiger partial charge on any atom is -0.235 e. The van der Waals surface area contributed by atoms with E-state index in [0.29, 0.717) is 0 Å². The van der Waals surface area contributed by atoms with E-state index in [-0.39, 0.29) is 0 Å². The first-order chi connectivity index (χ1) is 9.62. The van der Waals surface area contributed by atoms with Crippen molar-refractivity contribution in [3.8, 4) is 0 Å². The molecule has 0 saturated carbocycles. The first-order valence-electron chi connectivity index (χ1n) is 5.53. The maximum absolute atomic E-state index is 13.7. The van der Waals surface area contributed by atoms with Gasteiger partial charge in [-0.1, -0.05) is 30.3 Å². The summed E-state index contributed by atoms with van der Waals surface area (Å²) in [7, 11) is 0. The van der Waals surface area contributed by atoms with Crippen LogP contribution in [0.5, 0.6) is 0 Å². The fraction of sp³-hybridized carbons (Fsp3) is 0.231. The van der Waals surface area contributed by atoms with Crippen molar-refractivity contribution in [2.75, 3.05) is 0 Å². The number of allylic oxidation sites excluding steroid dienone is 4. The summed E-state index contributed by atoms with van der Waals surface area (Å²) in [5.74, 6) is -7.78. The average Bonchev–Trinajstić information content (AvgIpc) is 2.43. The molecule has 114 valence electrons. The maximum Gasteiger partial charge on any atom is 0.432 e. The van der Waals surface area contributed by atoms with Crippen molar-refractivity contribution in [1.82, 2.24) is 0 Å². The predicted octanol–water partition coefficient (Wildman–Crippen LogP) is 5.14. The van der Waals surface area contributed by atoms with E-state index in [1.165, 1.54) is 18.2 Å². The van der Waals surface area contributed by atoms with Crippen LogP contribution in [0.15, 0.2) is 47.8 Å². The van der Waals surface area contributed by atoms with Crippen LogP contribution < -0.4 is 0 Å². The molecule has 0 heterocycles. The van der Waals surface area contributed by atoms with E-state index in [0.717, 1.165) is 12.1 Å². The third kappa shape index (κ3) is 2.13. The van der Waals surface area contributed by atoms with Gasteiger partial charge in [0.25, 0.3) is 5.67 Å². The molecule has 1 aromatic carbocycles. The van der Waals surface area contributed by atoms with E-state index in [1.807, 2.05) is 0 Å². The molecule has 1 aliphatic rings. The third-order valence-corrected chi connectivity index (χ3v) is 3.02. The zero-order valence-corrected chi connectivity index (χ0v) is 9.99. The van der Waals surface area contributed by atoms with Crippen molar-refractivity contribution in [2.45, 2.75) is 18.0 Å². The summed E-state index contributed by atoms with van der Waals surface area (Å²) < 4.78 is 105. The molecule has 2 atom stereocenters. The largest absolute Gasteiger partial charge is 0.432 e. The number of hydrogen-bond donors (Lipinski definition) is 0. The predicted molar refractivity (Wildman–Crippen MR) is 58.5 cm³/mol. The Bertz CT molecular complexity index is 613. The molecule has 0 N–H and O–H groups in total. The van der Waals surface area contributed by atoms with E-state index < -0.39 is 46.6 Å². The summed E-state index contributed by atoms with van der Waals surface area (Å²) in [5.41, 5.74) is -7.15. The lowest BCUT2D eigenvalue weighted by Crippen LogP contribution is -2.51. The van der Waals surface area contributed by atoms with Gasteiger partial charge in [-0.15, -0.1) is 0 Å². The molecule has 0 fully saturated rings. The molecule has 0 bridgehead atoms. The lowest BCUT2D eigenvalue weighted by atomic mass is 9.86. The molecule has 2 unspecified atom stereocenters. The highest BCUT2D eigenvalue weighted by atomic mass is 19.4. The normalized spacial score (nSPS) is 27.3. The Morgan fingerprint density at radius 1 is 0.952 bits per heavy atom. The SMILES string of the molecule is FC1=C(F)C(F)(C(F)(F)F)C(F)C(F)=C1c1ccccc1. The second kappa shape index (κ2) is 4.85. The van der Waals surface area contributed by atoms with E-state index in [2.05, 4.69) is 0 Å². The van der Waals surface area contributed by atoms with Gasteiger partial charge in [-0.3, -0.25) is 0 Å². The molecule has 2 rings (SSSR count). The Kier molecular flexibility index (Phi) is 3.59. The Morgan fingerprint density at radius 3 is 1.95 bits per heavy atom. The minimum atomic E-state index is -6.15. The van der Waals surface area contributed by atoms with Gasteiger partial charge >= 0.3 is 6.18 Å². The molecule has 1 aliphatic carbocycles. The Morgan fingerprint density at radius 2 is 1.48 bits per heavy atom. The summed E-state index contributed by atoms with van der Waals surface area (Å²) in [5, 5.41) is 0. The van der Waals surface area contributed by atoms with Gasteiger partial charge in [0.05, 0.1) is 5.57 Å². The van der Waals surface area contributed by atoms with Gasteiger partial charge in [-0.05, 0) is 5.56 Å². The molecule has 0 spiro atoms. The molecular formula is C13H6F8. The van der Waals surface area contributed by atoms with Crippen LogP contribution in [0.2, 0.25) is 0 Å². The molecule has 0 amide bonds. The van der Waals surface area contributed by atoms with Gasteiger partial charge < -0.3 is 0 Å². The summed E-state index contributed by atoms with van der Waals surface area (Å²) in [6.45, 7) is 0. The van der Waals surface area contributed by atoms with Crippen molar-refractivity contribution in [3.05, 3.63) is 53.4 Å². The van der Waals surface area contributed by atoms with Gasteiger partial charge in [-0.2, -0.15) is 13.2 Å². The second-order valence-corrected chi connectivity index (χ2v) is 4.29. The average molecular weight is 314 g/mol. The summed E-state index contributed by atoms with van der Waals surface area (Å²) >= 11 is 0. The van der Waals surface area contributed by atoms with Crippen molar-refractivity contribution < 1.29 is 35.1 Å². The Balaban J connectivity index is 2.69. The first kappa shape index (κ1) is 15.5. The van der Waals surface area contributed by atoms with Crippen molar-refractivity contribution in [2.24, 2.45) is 0 Å². The van der Waals surface area contributed by atoms with E-state index >= 15 is 0 Å². The topological polar surface area (TPSA) is 0 Å². The molecule has 0 aromatic heterocycles. The number of hydrogen-bond acceptors (Lipinski definition) is 0. The zero-order valence-electron chi connectivity index (χ0n) is 9.99. The number of halogens is 8. The molecule has 0 nitrogen and oxygen atoms in total. The second-order valence-electron chi connectivity index (χ2n) is 4.29. The van der Waals surface area contributed by atoms with Gasteiger partial charge in [0.15, 0.2) is 11.7 Å². The molecular weight excluding hydrogens is 308 g/mol. The number of benzene rings is 1. The van der Waals surface area contributed by atoms with Crippen LogP contribution >= 0.6 is 0 Å². The van der Waals surface area contributed by atoms with Crippen molar-refractivity contribution >= 4 is 5.57 Å². The molecule has 0 saturated heterocycles. The van der Waals surface area contributed by atoms with Crippen LogP contribution in [0.4, 0.5) is 35.1 Å². The number of alkyl halides is 5. The van der Waals surface area contributed by atoms with Crippen molar-refractivity contribution in [3.63, 3.8) is 0 Å². The van der Waals surface area contributed by atoms with Crippen LogP contribution in [0.3, 0.4) is 0 Å². The van der Waals surface area contributed by atoms with Gasteiger partial charge in [0, 0.05) is 0 Å². The Hall–Kier alpha value is -1.86. The van der Waals surface area contributed by atoms with Crippen LogP contribution in [0.1, 0.15) is 5.56 Å². The highest BCUT2D eigenvalue weighted by molar-refractivity contribution is 5.81. The summed E-state index contributed by atoms with van der Waals surface area (Å²) in [6, 6.07) is 5.94. The lowest BCUT2D eigenvalue weighted by molar-refractivity contribution is -0.239. The molecule has 0 radical (unpaired) electrons. The highest BCUT2D eigenvalue weighted by Crippen LogP contribution is 2.53. The monoisotopic (exact) mass is 314 g/mol. The first-order valence-corrected chi connectivity index (χ1v) is 5.53. The molecule has 21 heavy (non-hydrogen) atoms. The maximum atomic E-state index is 13.7. The summed E-state index contributed by atoms with van der Waals surface area (Å²) in [4.78, 5) is 0. The molecule has 0 aliphatic heterocycles. The van der Waals surface area contributed by atoms with E-state index in [1.54, 1.807) is 0 Å². The van der Waals surface area contributed by atoms with Gasteiger partial charge in [-0.25, -0.2) is 22.0 Å². The van der Waals surface area contributed by atoms with Crippen LogP contribution in [-0.2, 0) is 0 Å². The van der Waals surface area contributed by atoms with Crippen LogP contribution in [-0.4, -0.2) is 18.0 Å². The number of rotatable bonds is 1. The van der Waals surface area contributed by atoms with E-state index in [4.69, 9.17) is 0 Å². The summed E-state index contributed by atoms with van der Waals surface area (Å²) in [6.07, 6.45) is -10.2. The van der Waals surface area contributed by atoms with Crippen LogP contribution in [0.25, 0.3) is 5.57 Å². The van der Waals surface area contributed by atoms with Crippen molar-refractivity contribution in [1.29, 1.82) is 0 Å². The zero-order chi connectivity index (χ0) is 16.0. The molecule has 8 heteroatoms. The van der Waals surface area contributed by atoms with Gasteiger partial charge in [0.2, 0.25) is 6.17 Å². The highest BCUT2D eigenvalue weighted by Gasteiger charge is 2.69. The van der Waals surface area contributed by atoms with Gasteiger partial charge in [0.1, 0.15) is 5.83 Å². The quantitative estimate of drug-likeness (QED) is 0.630. The molecule has 1 aromatic rings. The smallest absolute Gasteiger partial charge is 0.235 e. The van der Waals surface area contributed by atoms with E-state index in [9.17, 15) is 35.1 Å². The standard InChI is InChI=1S/C13H6F8/c14-8-7(6-4-2-1-3-5-6)9(15)11(17)12(18,10(8)16)13(19,20)21/h1-5,10H. The van der Waals surface area contributed by atoms with Crippen LogP contribution in [0, 0.1) is 0 Å². The fourth-order valence-electron chi connectivity index (χ4n) is 1.92. The third-order valence-electron chi connectivity index (χ3n) is 3.02.